The van der Waals surface area contributed by atoms with Crippen molar-refractivity contribution in [3.63, 3.8) is 0 Å². The molecule has 0 unspecified atom stereocenters. The number of carbonyl (C=O) groups is 1. The van der Waals surface area contributed by atoms with Gasteiger partial charge in [-0.1, -0.05) is 0 Å². The lowest BCUT2D eigenvalue weighted by atomic mass is 10.1. The van der Waals surface area contributed by atoms with Crippen molar-refractivity contribution in [1.82, 2.24) is 0 Å². The molecular formula is C18H20N2O8. The first-order valence-corrected chi connectivity index (χ1v) is 7.91. The van der Waals surface area contributed by atoms with Crippen molar-refractivity contribution in [1.29, 1.82) is 0 Å². The molecule has 0 heterocycles. The van der Waals surface area contributed by atoms with Gasteiger partial charge >= 0.3 is 0 Å². The van der Waals surface area contributed by atoms with Crippen LogP contribution >= 0.6 is 0 Å². The highest BCUT2D eigenvalue weighted by atomic mass is 16.6. The zero-order valence-corrected chi connectivity index (χ0v) is 15.8. The largest absolute Gasteiger partial charge is 0.496 e. The van der Waals surface area contributed by atoms with E-state index in [0.717, 1.165) is 0 Å². The van der Waals surface area contributed by atoms with E-state index in [4.69, 9.17) is 14.6 Å². The molecule has 150 valence electrons. The Hall–Kier alpha value is -3.53. The normalized spacial score (nSPS) is 9.75. The topological polar surface area (TPSA) is 142 Å². The number of nitrogens with zero attached hydrogens (tertiary/aromatic N) is 2. The van der Waals surface area contributed by atoms with E-state index in [1.807, 2.05) is 0 Å². The van der Waals surface area contributed by atoms with E-state index >= 15 is 0 Å². The van der Waals surface area contributed by atoms with Crippen molar-refractivity contribution in [3.8, 4) is 11.5 Å². The Morgan fingerprint density at radius 1 is 0.929 bits per heavy atom. The van der Waals surface area contributed by atoms with E-state index in [0.29, 0.717) is 34.5 Å². The second-order valence-electron chi connectivity index (χ2n) is 5.60. The van der Waals surface area contributed by atoms with E-state index in [-0.39, 0.29) is 23.5 Å². The fourth-order valence-corrected chi connectivity index (χ4v) is 2.38. The van der Waals surface area contributed by atoms with Gasteiger partial charge in [-0.05, 0) is 31.5 Å². The van der Waals surface area contributed by atoms with Gasteiger partial charge in [-0.25, -0.2) is 0 Å². The summed E-state index contributed by atoms with van der Waals surface area (Å²) in [4.78, 5) is 30.7. The second-order valence-corrected chi connectivity index (χ2v) is 5.60. The molecule has 2 aromatic carbocycles. The molecule has 1 N–H and O–H groups in total. The van der Waals surface area contributed by atoms with Crippen LogP contribution in [-0.4, -0.2) is 35.5 Å². The summed E-state index contributed by atoms with van der Waals surface area (Å²) >= 11 is 0. The molecule has 0 bridgehead atoms. The maximum absolute atomic E-state index is 10.6. The average molecular weight is 392 g/mol. The van der Waals surface area contributed by atoms with Gasteiger partial charge < -0.3 is 14.6 Å². The Labute approximate surface area is 160 Å². The molecule has 0 atom stereocenters. The maximum atomic E-state index is 10.6. The third-order valence-corrected chi connectivity index (χ3v) is 3.90. The molecular weight excluding hydrogens is 372 g/mol. The van der Waals surface area contributed by atoms with Gasteiger partial charge in [-0.15, -0.1) is 0 Å². The van der Waals surface area contributed by atoms with Crippen molar-refractivity contribution in [2.45, 2.75) is 20.5 Å². The van der Waals surface area contributed by atoms with Crippen molar-refractivity contribution in [2.24, 2.45) is 0 Å². The summed E-state index contributed by atoms with van der Waals surface area (Å²) in [5.74, 6) is 0.768. The summed E-state index contributed by atoms with van der Waals surface area (Å²) in [5, 5.41) is 30.1. The van der Waals surface area contributed by atoms with Crippen LogP contribution in [0.4, 0.5) is 11.4 Å². The molecule has 0 fully saturated rings. The predicted octanol–water partition coefficient (Wildman–Crippen LogP) is 3.13. The molecule has 2 aromatic rings. The van der Waals surface area contributed by atoms with Crippen molar-refractivity contribution in [2.75, 3.05) is 14.2 Å². The van der Waals surface area contributed by atoms with Gasteiger partial charge in [0.2, 0.25) is 0 Å². The summed E-state index contributed by atoms with van der Waals surface area (Å²) in [6.45, 7) is 2.95. The highest BCUT2D eigenvalue weighted by Crippen LogP contribution is 2.29. The Morgan fingerprint density at radius 3 is 1.79 bits per heavy atom. The average Bonchev–Trinajstić information content (AvgIpc) is 2.68. The van der Waals surface area contributed by atoms with E-state index in [2.05, 4.69) is 0 Å². The van der Waals surface area contributed by atoms with E-state index < -0.39 is 9.85 Å². The Balaban J connectivity index is 0.000000280. The van der Waals surface area contributed by atoms with Crippen LogP contribution in [-0.2, 0) is 6.61 Å². The Bertz CT molecular complexity index is 896. The number of nitro benzene ring substituents is 2. The molecule has 0 aliphatic heterocycles. The number of carbonyl (C=O) groups excluding carboxylic acids is 1. The number of hydrogen-bond acceptors (Lipinski definition) is 8. The fourth-order valence-electron chi connectivity index (χ4n) is 2.38. The minimum atomic E-state index is -0.537. The lowest BCUT2D eigenvalue weighted by molar-refractivity contribution is -0.385. The number of hydrogen-bond donors (Lipinski definition) is 1. The summed E-state index contributed by atoms with van der Waals surface area (Å²) in [6.07, 6.45) is 0.551. The zero-order valence-electron chi connectivity index (χ0n) is 15.8. The van der Waals surface area contributed by atoms with E-state index in [1.165, 1.54) is 32.4 Å². The third-order valence-electron chi connectivity index (χ3n) is 3.90. The van der Waals surface area contributed by atoms with Gasteiger partial charge in [0.25, 0.3) is 11.4 Å². The first-order valence-electron chi connectivity index (χ1n) is 7.91. The van der Waals surface area contributed by atoms with Crippen LogP contribution in [0.3, 0.4) is 0 Å². The summed E-state index contributed by atoms with van der Waals surface area (Å²) < 4.78 is 9.88. The Kier molecular flexibility index (Phi) is 8.02. The molecule has 10 nitrogen and oxygen atoms in total. The second kappa shape index (κ2) is 9.97. The lowest BCUT2D eigenvalue weighted by Gasteiger charge is -2.06. The highest BCUT2D eigenvalue weighted by Gasteiger charge is 2.17. The number of methoxy groups -OCH3 is 2. The van der Waals surface area contributed by atoms with E-state index in [1.54, 1.807) is 19.9 Å². The molecule has 0 aliphatic rings. The SMILES string of the molecule is COc1cc(C=O)cc([N+](=O)[O-])c1C.COc1cc(CO)cc([N+](=O)[O-])c1C. The van der Waals surface area contributed by atoms with Gasteiger partial charge in [0.15, 0.2) is 0 Å². The Morgan fingerprint density at radius 2 is 1.39 bits per heavy atom. The quantitative estimate of drug-likeness (QED) is 0.449. The first-order chi connectivity index (χ1) is 13.2. The fraction of sp³-hybridized carbons (Fsp3) is 0.278. The lowest BCUT2D eigenvalue weighted by Crippen LogP contribution is -1.97. The number of benzene rings is 2. The van der Waals surface area contributed by atoms with E-state index in [9.17, 15) is 25.0 Å². The van der Waals surface area contributed by atoms with Crippen molar-refractivity contribution >= 4 is 17.7 Å². The number of ether oxygens (including phenoxy) is 2. The molecule has 28 heavy (non-hydrogen) atoms. The van der Waals surface area contributed by atoms with Crippen LogP contribution in [0.1, 0.15) is 27.0 Å². The number of aliphatic hydroxyl groups is 1. The minimum Gasteiger partial charge on any atom is -0.496 e. The first kappa shape index (κ1) is 22.5. The van der Waals surface area contributed by atoms with Crippen LogP contribution < -0.4 is 9.47 Å². The molecule has 0 saturated carbocycles. The van der Waals surface area contributed by atoms with Crippen LogP contribution in [0.25, 0.3) is 0 Å². The van der Waals surface area contributed by atoms with Crippen LogP contribution in [0.5, 0.6) is 11.5 Å². The van der Waals surface area contributed by atoms with Gasteiger partial charge in [-0.2, -0.15) is 0 Å². The number of aldehydes is 1. The number of rotatable bonds is 6. The molecule has 2 rings (SSSR count). The van der Waals surface area contributed by atoms with Gasteiger partial charge in [-0.3, -0.25) is 25.0 Å². The summed E-state index contributed by atoms with van der Waals surface area (Å²) in [5.41, 5.74) is 1.45. The molecule has 0 aromatic heterocycles. The van der Waals surface area contributed by atoms with Crippen LogP contribution in [0.15, 0.2) is 24.3 Å². The third kappa shape index (κ3) is 5.24. The summed E-state index contributed by atoms with van der Waals surface area (Å²) in [7, 11) is 2.84. The smallest absolute Gasteiger partial charge is 0.276 e. The van der Waals surface area contributed by atoms with Gasteiger partial charge in [0, 0.05) is 17.7 Å². The highest BCUT2D eigenvalue weighted by molar-refractivity contribution is 5.78. The van der Waals surface area contributed by atoms with Crippen LogP contribution in [0, 0.1) is 34.1 Å². The predicted molar refractivity (Wildman–Crippen MR) is 100 cm³/mol. The van der Waals surface area contributed by atoms with Crippen molar-refractivity contribution in [3.05, 3.63) is 66.7 Å². The standard InChI is InChI=1S/C9H11NO4.C9H9NO4/c2*1-6-8(10(12)13)3-7(5-11)4-9(6)14-2/h3-4,11H,5H2,1-2H3;3-5H,1-2H3. The molecule has 0 amide bonds. The molecule has 10 heteroatoms. The monoisotopic (exact) mass is 392 g/mol. The van der Waals surface area contributed by atoms with Crippen LogP contribution in [0.2, 0.25) is 0 Å². The molecule has 0 saturated heterocycles. The molecule has 0 aliphatic carbocycles. The zero-order chi connectivity index (χ0) is 21.4. The van der Waals surface area contributed by atoms with Crippen molar-refractivity contribution < 1.29 is 29.2 Å². The molecule has 0 radical (unpaired) electrons. The van der Waals surface area contributed by atoms with Gasteiger partial charge in [0.1, 0.15) is 17.8 Å². The summed E-state index contributed by atoms with van der Waals surface area (Å²) in [6, 6.07) is 5.63. The maximum Gasteiger partial charge on any atom is 0.276 e. The number of aliphatic hydroxyl groups excluding tert-OH is 1. The molecule has 0 spiro atoms. The number of nitro groups is 2. The van der Waals surface area contributed by atoms with Gasteiger partial charge in [0.05, 0.1) is 41.8 Å². The minimum absolute atomic E-state index is 0.0339.